The lowest BCUT2D eigenvalue weighted by Crippen LogP contribution is -2.19. The highest BCUT2D eigenvalue weighted by Crippen LogP contribution is 2.39. The lowest BCUT2D eigenvalue weighted by atomic mass is 10.0. The molecule has 0 atom stereocenters. The lowest BCUT2D eigenvalue weighted by Gasteiger charge is -2.20. The summed E-state index contributed by atoms with van der Waals surface area (Å²) in [7, 11) is -0.0693. The van der Waals surface area contributed by atoms with Crippen LogP contribution in [0.4, 0.5) is 0 Å². The highest BCUT2D eigenvalue weighted by molar-refractivity contribution is 7.88. The maximum atomic E-state index is 13.5. The molecule has 0 fully saturated rings. The molecule has 0 spiro atoms. The van der Waals surface area contributed by atoms with E-state index in [9.17, 15) is 4.79 Å². The highest BCUT2D eigenvalue weighted by atomic mass is 31.1. The van der Waals surface area contributed by atoms with Gasteiger partial charge in [-0.2, -0.15) is 0 Å². The predicted octanol–water partition coefficient (Wildman–Crippen LogP) is 4.49. The second-order valence-electron chi connectivity index (χ2n) is 6.09. The van der Waals surface area contributed by atoms with Gasteiger partial charge in [0.25, 0.3) is 0 Å². The van der Waals surface area contributed by atoms with Gasteiger partial charge in [-0.1, -0.05) is 78.4 Å². The average Bonchev–Trinajstić information content (AvgIpc) is 2.64. The molecule has 0 saturated heterocycles. The molecule has 0 heterocycles. The fraction of sp³-hybridized carbons (Fsp3) is 0.174. The number of carbonyl (C=O) groups excluding carboxylic acids is 1. The van der Waals surface area contributed by atoms with Gasteiger partial charge in [0.2, 0.25) is 0 Å². The number of aryl methyl sites for hydroxylation is 3. The quantitative estimate of drug-likeness (QED) is 0.693. The number of rotatable bonds is 4. The van der Waals surface area contributed by atoms with E-state index in [4.69, 9.17) is 5.11 Å². The minimum absolute atomic E-state index is 0.234. The minimum Gasteiger partial charge on any atom is -0.400 e. The zero-order chi connectivity index (χ0) is 19.1. The van der Waals surface area contributed by atoms with E-state index in [2.05, 4.69) is 43.3 Å². The van der Waals surface area contributed by atoms with E-state index in [0.29, 0.717) is 0 Å². The molecule has 0 bridgehead atoms. The second kappa shape index (κ2) is 9.43. The molecule has 3 rings (SSSR count). The van der Waals surface area contributed by atoms with Crippen LogP contribution in [-0.2, 0) is 0 Å². The summed E-state index contributed by atoms with van der Waals surface area (Å²) >= 11 is 0. The third kappa shape index (κ3) is 4.46. The van der Waals surface area contributed by atoms with E-state index in [1.54, 1.807) is 0 Å². The van der Waals surface area contributed by atoms with Crippen LogP contribution in [0.1, 0.15) is 27.0 Å². The molecule has 0 amide bonds. The van der Waals surface area contributed by atoms with Crippen molar-refractivity contribution in [2.45, 2.75) is 20.8 Å². The number of aliphatic hydroxyl groups excluding tert-OH is 1. The van der Waals surface area contributed by atoms with Crippen molar-refractivity contribution in [3.63, 3.8) is 0 Å². The van der Waals surface area contributed by atoms with Crippen molar-refractivity contribution in [3.05, 3.63) is 95.1 Å². The van der Waals surface area contributed by atoms with Crippen LogP contribution >= 0.6 is 7.92 Å². The molecule has 0 aliphatic rings. The number of hydrogen-bond acceptors (Lipinski definition) is 2. The molecule has 26 heavy (non-hydrogen) atoms. The van der Waals surface area contributed by atoms with Crippen molar-refractivity contribution < 1.29 is 9.90 Å². The van der Waals surface area contributed by atoms with E-state index in [0.717, 1.165) is 34.4 Å². The molecule has 0 radical (unpaired) electrons. The maximum absolute atomic E-state index is 13.5. The van der Waals surface area contributed by atoms with Crippen LogP contribution in [0.3, 0.4) is 0 Å². The number of hydrogen-bond donors (Lipinski definition) is 1. The van der Waals surface area contributed by atoms with Crippen LogP contribution in [0.25, 0.3) is 0 Å². The molecule has 134 valence electrons. The van der Waals surface area contributed by atoms with Gasteiger partial charge in [0.15, 0.2) is 5.52 Å². The van der Waals surface area contributed by atoms with Crippen LogP contribution in [0.15, 0.2) is 72.8 Å². The predicted molar refractivity (Wildman–Crippen MR) is 112 cm³/mol. The molecular weight excluding hydrogens is 339 g/mol. The van der Waals surface area contributed by atoms with Crippen molar-refractivity contribution in [2.24, 2.45) is 0 Å². The molecule has 2 nitrogen and oxygen atoms in total. The lowest BCUT2D eigenvalue weighted by molar-refractivity contribution is 0.108. The molecule has 0 saturated carbocycles. The monoisotopic (exact) mass is 364 g/mol. The Morgan fingerprint density at radius 1 is 0.731 bits per heavy atom. The first kappa shape index (κ1) is 20.0. The van der Waals surface area contributed by atoms with E-state index >= 15 is 0 Å². The first-order valence-electron chi connectivity index (χ1n) is 8.55. The number of aliphatic hydroxyl groups is 1. The molecule has 3 aromatic rings. The van der Waals surface area contributed by atoms with Crippen LogP contribution in [0.5, 0.6) is 0 Å². The summed E-state index contributed by atoms with van der Waals surface area (Å²) in [6, 6.07) is 24.5. The summed E-state index contributed by atoms with van der Waals surface area (Å²) in [6.07, 6.45) is 0. The molecule has 1 N–H and O–H groups in total. The third-order valence-electron chi connectivity index (χ3n) is 4.12. The van der Waals surface area contributed by atoms with Gasteiger partial charge >= 0.3 is 0 Å². The molecule has 3 aromatic carbocycles. The summed E-state index contributed by atoms with van der Waals surface area (Å²) < 4.78 is 0. The summed E-state index contributed by atoms with van der Waals surface area (Å²) in [5.41, 5.74) is 4.44. The Morgan fingerprint density at radius 2 is 1.12 bits per heavy atom. The van der Waals surface area contributed by atoms with E-state index < -0.39 is 7.92 Å². The van der Waals surface area contributed by atoms with Gasteiger partial charge in [-0.3, -0.25) is 4.79 Å². The fourth-order valence-electron chi connectivity index (χ4n) is 3.17. The Hall–Kier alpha value is -2.28. The Balaban J connectivity index is 0.00000117. The van der Waals surface area contributed by atoms with Crippen molar-refractivity contribution in [1.29, 1.82) is 0 Å². The average molecular weight is 364 g/mol. The van der Waals surface area contributed by atoms with Gasteiger partial charge in [0.05, 0.1) is 0 Å². The molecule has 3 heteroatoms. The second-order valence-corrected chi connectivity index (χ2v) is 8.20. The SMILES string of the molecule is CO.Cc1cc(C)c(C(=O)P(c2ccccc2)c2ccccc2)c(C)c1. The Bertz CT molecular complexity index is 795. The van der Waals surface area contributed by atoms with Crippen molar-refractivity contribution in [3.8, 4) is 0 Å². The topological polar surface area (TPSA) is 37.3 Å². The van der Waals surface area contributed by atoms with Gasteiger partial charge in [-0.25, -0.2) is 0 Å². The van der Waals surface area contributed by atoms with Crippen molar-refractivity contribution in [2.75, 3.05) is 7.11 Å². The first-order valence-corrected chi connectivity index (χ1v) is 9.89. The van der Waals surface area contributed by atoms with Crippen LogP contribution < -0.4 is 10.6 Å². The largest absolute Gasteiger partial charge is 0.400 e. The van der Waals surface area contributed by atoms with Crippen LogP contribution in [0, 0.1) is 20.8 Å². The van der Waals surface area contributed by atoms with Gasteiger partial charge in [0.1, 0.15) is 0 Å². The summed E-state index contributed by atoms with van der Waals surface area (Å²) in [5.74, 6) is 0. The van der Waals surface area contributed by atoms with Crippen molar-refractivity contribution >= 4 is 24.1 Å². The van der Waals surface area contributed by atoms with Crippen molar-refractivity contribution in [1.82, 2.24) is 0 Å². The zero-order valence-electron chi connectivity index (χ0n) is 15.7. The van der Waals surface area contributed by atoms with Gasteiger partial charge in [-0.05, 0) is 42.5 Å². The first-order chi connectivity index (χ1) is 12.6. The molecule has 0 aromatic heterocycles. The Kier molecular flexibility index (Phi) is 7.26. The Labute approximate surface area is 157 Å². The number of carbonyl (C=O) groups is 1. The Morgan fingerprint density at radius 3 is 1.50 bits per heavy atom. The standard InChI is InChI=1S/C22H21OP.CH4O/c1-16-14-17(2)21(18(3)15-16)22(23)24(19-10-6-4-7-11-19)20-12-8-5-9-13-20;1-2/h4-15H,1-3H3;2H,1H3. The summed E-state index contributed by atoms with van der Waals surface area (Å²) in [4.78, 5) is 13.5. The van der Waals surface area contributed by atoms with Gasteiger partial charge < -0.3 is 5.11 Å². The molecular formula is C23H25O2P. The highest BCUT2D eigenvalue weighted by Gasteiger charge is 2.26. The van der Waals surface area contributed by atoms with Gasteiger partial charge in [-0.15, -0.1) is 0 Å². The van der Waals surface area contributed by atoms with E-state index in [-0.39, 0.29) is 5.52 Å². The third-order valence-corrected chi connectivity index (χ3v) is 6.38. The van der Waals surface area contributed by atoms with Gasteiger partial charge in [0, 0.05) is 20.6 Å². The zero-order valence-corrected chi connectivity index (χ0v) is 16.6. The van der Waals surface area contributed by atoms with E-state index in [1.165, 1.54) is 5.56 Å². The van der Waals surface area contributed by atoms with E-state index in [1.807, 2.05) is 50.2 Å². The summed E-state index contributed by atoms with van der Waals surface area (Å²) in [5, 5.41) is 9.20. The van der Waals surface area contributed by atoms with Crippen LogP contribution in [0.2, 0.25) is 0 Å². The number of benzene rings is 3. The molecule has 0 unspecified atom stereocenters. The minimum atomic E-state index is -1.07. The molecule has 0 aliphatic heterocycles. The molecule has 0 aliphatic carbocycles. The normalized spacial score (nSPS) is 10.2. The maximum Gasteiger partial charge on any atom is 0.193 e. The fourth-order valence-corrected chi connectivity index (χ4v) is 5.45. The summed E-state index contributed by atoms with van der Waals surface area (Å²) in [6.45, 7) is 6.15. The smallest absolute Gasteiger partial charge is 0.193 e. The van der Waals surface area contributed by atoms with Crippen LogP contribution in [-0.4, -0.2) is 17.7 Å².